The number of carboxylic acid groups (broad SMARTS) is 1. The Bertz CT molecular complexity index is 437. The van der Waals surface area contributed by atoms with Gasteiger partial charge in [-0.05, 0) is 26.2 Å². The van der Waals surface area contributed by atoms with Gasteiger partial charge in [0.2, 0.25) is 11.8 Å². The van der Waals surface area contributed by atoms with Gasteiger partial charge < -0.3 is 5.11 Å². The maximum absolute atomic E-state index is 12.3. The number of hydrogen-bond acceptors (Lipinski definition) is 4. The largest absolute Gasteiger partial charge is 0.480 e. The number of nitrogens with zero attached hydrogens (tertiary/aromatic N) is 2. The van der Waals surface area contributed by atoms with Crippen LogP contribution in [0.2, 0.25) is 0 Å². The summed E-state index contributed by atoms with van der Waals surface area (Å²) in [7, 11) is 0. The minimum absolute atomic E-state index is 0.116. The fraction of sp³-hybridized carbons (Fsp3) is 0.786. The molecule has 6 heteroatoms. The van der Waals surface area contributed by atoms with Gasteiger partial charge >= 0.3 is 5.97 Å². The molecule has 0 saturated carbocycles. The van der Waals surface area contributed by atoms with Crippen LogP contribution in [0.5, 0.6) is 0 Å². The Morgan fingerprint density at radius 3 is 2.60 bits per heavy atom. The molecule has 2 rings (SSSR count). The summed E-state index contributed by atoms with van der Waals surface area (Å²) in [6.07, 6.45) is 2.70. The first-order chi connectivity index (χ1) is 9.47. The lowest BCUT2D eigenvalue weighted by Crippen LogP contribution is -2.56. The summed E-state index contributed by atoms with van der Waals surface area (Å²) >= 11 is 0. The molecular weight excluding hydrogens is 260 g/mol. The molecule has 2 unspecified atom stereocenters. The van der Waals surface area contributed by atoms with Crippen molar-refractivity contribution in [1.82, 2.24) is 9.80 Å². The number of carbonyl (C=O) groups excluding carboxylic acids is 2. The molecule has 2 aliphatic heterocycles. The van der Waals surface area contributed by atoms with Crippen molar-refractivity contribution < 1.29 is 19.5 Å². The normalized spacial score (nSPS) is 31.3. The van der Waals surface area contributed by atoms with Crippen LogP contribution in [-0.4, -0.2) is 57.4 Å². The predicted molar refractivity (Wildman–Crippen MR) is 72.0 cm³/mol. The summed E-state index contributed by atoms with van der Waals surface area (Å²) in [6.45, 7) is 4.64. The number of hydrogen-bond donors (Lipinski definition) is 1. The van der Waals surface area contributed by atoms with Gasteiger partial charge in [0, 0.05) is 13.1 Å². The molecule has 0 aromatic heterocycles. The summed E-state index contributed by atoms with van der Waals surface area (Å²) in [5, 5.41) is 9.65. The second kappa shape index (κ2) is 5.52. The number of carbonyl (C=O) groups is 3. The fourth-order valence-electron chi connectivity index (χ4n) is 3.61. The number of amides is 2. The van der Waals surface area contributed by atoms with Crippen molar-refractivity contribution in [2.45, 2.75) is 57.5 Å². The lowest BCUT2D eigenvalue weighted by Gasteiger charge is -2.37. The van der Waals surface area contributed by atoms with Gasteiger partial charge in [0.1, 0.15) is 5.54 Å². The van der Waals surface area contributed by atoms with E-state index in [9.17, 15) is 19.5 Å². The highest BCUT2D eigenvalue weighted by Crippen LogP contribution is 2.38. The lowest BCUT2D eigenvalue weighted by atomic mass is 9.89. The highest BCUT2D eigenvalue weighted by molar-refractivity contribution is 6.05. The van der Waals surface area contributed by atoms with E-state index in [2.05, 4.69) is 0 Å². The molecule has 2 aliphatic rings. The van der Waals surface area contributed by atoms with Crippen LogP contribution in [0.1, 0.15) is 46.0 Å². The average molecular weight is 282 g/mol. The predicted octanol–water partition coefficient (Wildman–Crippen LogP) is 0.853. The molecule has 1 N–H and O–H groups in total. The van der Waals surface area contributed by atoms with E-state index in [0.29, 0.717) is 25.9 Å². The van der Waals surface area contributed by atoms with Gasteiger partial charge in [0.05, 0.1) is 12.5 Å². The summed E-state index contributed by atoms with van der Waals surface area (Å²) in [4.78, 5) is 39.0. The van der Waals surface area contributed by atoms with E-state index in [1.165, 1.54) is 4.90 Å². The van der Waals surface area contributed by atoms with Gasteiger partial charge in [-0.1, -0.05) is 13.3 Å². The van der Waals surface area contributed by atoms with Crippen LogP contribution in [-0.2, 0) is 14.4 Å². The molecule has 2 fully saturated rings. The third kappa shape index (κ3) is 2.12. The molecule has 0 aromatic rings. The van der Waals surface area contributed by atoms with E-state index in [1.54, 1.807) is 11.8 Å². The molecule has 2 amide bonds. The van der Waals surface area contributed by atoms with Crippen molar-refractivity contribution in [2.24, 2.45) is 0 Å². The standard InChI is InChI=1S/C14H22N2O4/c1-3-6-14(13(19)20)7-5-8-16(14)10-9-11(17)15(4-2)12(10)18/h10H,3-9H2,1-2H3,(H,19,20). The average Bonchev–Trinajstić information content (AvgIpc) is 2.92. The number of aliphatic carboxylic acids is 1. The Morgan fingerprint density at radius 1 is 1.40 bits per heavy atom. The molecule has 0 aromatic carbocycles. The number of imide groups is 1. The van der Waals surface area contributed by atoms with Gasteiger partial charge in [-0.25, -0.2) is 0 Å². The Labute approximate surface area is 118 Å². The van der Waals surface area contributed by atoms with Crippen LogP contribution < -0.4 is 0 Å². The Hall–Kier alpha value is -1.43. The summed E-state index contributed by atoms with van der Waals surface area (Å²) < 4.78 is 0. The molecular formula is C14H22N2O4. The van der Waals surface area contributed by atoms with Crippen LogP contribution in [0.3, 0.4) is 0 Å². The molecule has 0 aliphatic carbocycles. The molecule has 6 nitrogen and oxygen atoms in total. The lowest BCUT2D eigenvalue weighted by molar-refractivity contribution is -0.153. The van der Waals surface area contributed by atoms with E-state index in [4.69, 9.17) is 0 Å². The first-order valence-electron chi connectivity index (χ1n) is 7.32. The molecule has 112 valence electrons. The van der Waals surface area contributed by atoms with Gasteiger partial charge in [-0.3, -0.25) is 24.2 Å². The van der Waals surface area contributed by atoms with Gasteiger partial charge in [0.25, 0.3) is 0 Å². The van der Waals surface area contributed by atoms with E-state index in [1.807, 2.05) is 6.92 Å². The molecule has 20 heavy (non-hydrogen) atoms. The molecule has 2 heterocycles. The Balaban J connectivity index is 2.29. The zero-order valence-electron chi connectivity index (χ0n) is 12.1. The summed E-state index contributed by atoms with van der Waals surface area (Å²) in [5.41, 5.74) is -0.973. The molecule has 0 bridgehead atoms. The maximum Gasteiger partial charge on any atom is 0.324 e. The topological polar surface area (TPSA) is 77.9 Å². The summed E-state index contributed by atoms with van der Waals surface area (Å²) in [5.74, 6) is -1.29. The van der Waals surface area contributed by atoms with Crippen molar-refractivity contribution in [3.05, 3.63) is 0 Å². The quantitative estimate of drug-likeness (QED) is 0.756. The van der Waals surface area contributed by atoms with Crippen LogP contribution >= 0.6 is 0 Å². The summed E-state index contributed by atoms with van der Waals surface area (Å²) in [6, 6.07) is -0.590. The molecule has 0 spiro atoms. The number of likely N-dealkylation sites (N-methyl/N-ethyl adjacent to an activating group) is 1. The van der Waals surface area contributed by atoms with Crippen molar-refractivity contribution in [3.63, 3.8) is 0 Å². The molecule has 0 radical (unpaired) electrons. The number of rotatable bonds is 5. The fourth-order valence-corrected chi connectivity index (χ4v) is 3.61. The zero-order valence-corrected chi connectivity index (χ0v) is 12.1. The van der Waals surface area contributed by atoms with Crippen molar-refractivity contribution in [1.29, 1.82) is 0 Å². The van der Waals surface area contributed by atoms with Crippen LogP contribution in [0.4, 0.5) is 0 Å². The zero-order chi connectivity index (χ0) is 14.9. The van der Waals surface area contributed by atoms with Crippen LogP contribution in [0, 0.1) is 0 Å². The first-order valence-corrected chi connectivity index (χ1v) is 7.32. The van der Waals surface area contributed by atoms with Crippen molar-refractivity contribution >= 4 is 17.8 Å². The monoisotopic (exact) mass is 282 g/mol. The van der Waals surface area contributed by atoms with E-state index in [-0.39, 0.29) is 18.2 Å². The van der Waals surface area contributed by atoms with E-state index < -0.39 is 17.6 Å². The van der Waals surface area contributed by atoms with Crippen molar-refractivity contribution in [2.75, 3.05) is 13.1 Å². The number of likely N-dealkylation sites (tertiary alicyclic amines) is 2. The highest BCUT2D eigenvalue weighted by atomic mass is 16.4. The Morgan fingerprint density at radius 2 is 2.10 bits per heavy atom. The van der Waals surface area contributed by atoms with Gasteiger partial charge in [0.15, 0.2) is 0 Å². The van der Waals surface area contributed by atoms with E-state index in [0.717, 1.165) is 12.8 Å². The van der Waals surface area contributed by atoms with Gasteiger partial charge in [-0.2, -0.15) is 0 Å². The minimum Gasteiger partial charge on any atom is -0.480 e. The Kier molecular flexibility index (Phi) is 4.13. The molecule has 2 atom stereocenters. The second-order valence-electron chi connectivity index (χ2n) is 5.58. The maximum atomic E-state index is 12.3. The van der Waals surface area contributed by atoms with E-state index >= 15 is 0 Å². The smallest absolute Gasteiger partial charge is 0.324 e. The van der Waals surface area contributed by atoms with Crippen LogP contribution in [0.15, 0.2) is 0 Å². The number of carboxylic acids is 1. The third-order valence-corrected chi connectivity index (χ3v) is 4.51. The SMILES string of the molecule is CCCC1(C(=O)O)CCCN1C1CC(=O)N(CC)C1=O. The minimum atomic E-state index is -0.973. The molecule has 2 saturated heterocycles. The van der Waals surface area contributed by atoms with Crippen molar-refractivity contribution in [3.8, 4) is 0 Å². The highest BCUT2D eigenvalue weighted by Gasteiger charge is 2.54. The third-order valence-electron chi connectivity index (χ3n) is 4.51. The first kappa shape index (κ1) is 15.0. The second-order valence-corrected chi connectivity index (χ2v) is 5.58. The van der Waals surface area contributed by atoms with Gasteiger partial charge in [-0.15, -0.1) is 0 Å². The van der Waals surface area contributed by atoms with Crippen LogP contribution in [0.25, 0.3) is 0 Å².